The number of nitrogens with one attached hydrogen (secondary N) is 1. The Morgan fingerprint density at radius 3 is 2.83 bits per heavy atom. The van der Waals surface area contributed by atoms with E-state index in [0.717, 1.165) is 19.3 Å². The van der Waals surface area contributed by atoms with Crippen LogP contribution in [0.5, 0.6) is 0 Å². The van der Waals surface area contributed by atoms with Crippen molar-refractivity contribution in [3.63, 3.8) is 0 Å². The van der Waals surface area contributed by atoms with Gasteiger partial charge in [0.25, 0.3) is 0 Å². The maximum Gasteiger partial charge on any atom is 0.244 e. The van der Waals surface area contributed by atoms with E-state index in [9.17, 15) is 13.2 Å². The fourth-order valence-electron chi connectivity index (χ4n) is 3.60. The molecule has 1 saturated carbocycles. The van der Waals surface area contributed by atoms with E-state index in [2.05, 4.69) is 10.3 Å². The molecule has 3 heterocycles. The molecule has 24 heavy (non-hydrogen) atoms. The molecule has 7 nitrogen and oxygen atoms in total. The predicted molar refractivity (Wildman–Crippen MR) is 85.5 cm³/mol. The Bertz CT molecular complexity index is 720. The second-order valence-corrected chi connectivity index (χ2v) is 8.72. The first-order valence-electron chi connectivity index (χ1n) is 8.40. The van der Waals surface area contributed by atoms with Gasteiger partial charge in [-0.25, -0.2) is 8.42 Å². The quantitative estimate of drug-likeness (QED) is 0.855. The van der Waals surface area contributed by atoms with E-state index < -0.39 is 10.0 Å². The van der Waals surface area contributed by atoms with Crippen LogP contribution in [0.25, 0.3) is 0 Å². The number of hydrogen-bond donors (Lipinski definition) is 1. The maximum absolute atomic E-state index is 12.7. The number of aromatic nitrogens is 1. The van der Waals surface area contributed by atoms with Crippen LogP contribution in [0.2, 0.25) is 0 Å². The molecule has 0 spiro atoms. The van der Waals surface area contributed by atoms with Gasteiger partial charge in [-0.2, -0.15) is 4.31 Å². The van der Waals surface area contributed by atoms with Crippen molar-refractivity contribution in [3.8, 4) is 0 Å². The summed E-state index contributed by atoms with van der Waals surface area (Å²) < 4.78 is 32.8. The molecule has 0 radical (unpaired) electrons. The van der Waals surface area contributed by atoms with Crippen LogP contribution in [0, 0.1) is 5.92 Å². The Morgan fingerprint density at radius 2 is 2.17 bits per heavy atom. The molecule has 2 aliphatic heterocycles. The van der Waals surface area contributed by atoms with Crippen LogP contribution in [-0.2, 0) is 19.6 Å². The number of nitrogens with zero attached hydrogens (tertiary/aromatic N) is 2. The van der Waals surface area contributed by atoms with Gasteiger partial charge in [-0.05, 0) is 37.8 Å². The molecule has 1 aliphatic carbocycles. The topological polar surface area (TPSA) is 88.6 Å². The van der Waals surface area contributed by atoms with Gasteiger partial charge in [0, 0.05) is 31.5 Å². The summed E-state index contributed by atoms with van der Waals surface area (Å²) in [6, 6.07) is 3.44. The van der Waals surface area contributed by atoms with Crippen molar-refractivity contribution in [1.29, 1.82) is 0 Å². The molecule has 1 aromatic rings. The average Bonchev–Trinajstić information content (AvgIpc) is 2.85. The number of rotatable bonds is 4. The highest BCUT2D eigenvalue weighted by Crippen LogP contribution is 2.34. The fraction of sp³-hybridized carbons (Fsp3) is 0.625. The van der Waals surface area contributed by atoms with Crippen molar-refractivity contribution in [2.24, 2.45) is 5.92 Å². The number of fused-ring (bicyclic) bond motifs is 2. The molecule has 130 valence electrons. The molecule has 2 bridgehead atoms. The van der Waals surface area contributed by atoms with E-state index in [0.29, 0.717) is 13.0 Å². The van der Waals surface area contributed by atoms with Gasteiger partial charge in [0.05, 0.1) is 18.1 Å². The summed E-state index contributed by atoms with van der Waals surface area (Å²) in [7, 11) is -3.59. The normalized spacial score (nSPS) is 30.8. The zero-order valence-corrected chi connectivity index (χ0v) is 14.1. The molecule has 3 fully saturated rings. The molecule has 3 atom stereocenters. The monoisotopic (exact) mass is 351 g/mol. The van der Waals surface area contributed by atoms with Gasteiger partial charge in [0.15, 0.2) is 0 Å². The standard InChI is InChI=1S/C16H21N3O4S/c20-16(18-11-3-1-4-11)14-7-12-9-19(10-15(14)23-12)24(21,22)13-5-2-6-17-8-13/h2,5-6,8,11-12,14-15H,1,3-4,7,9-10H2,(H,18,20). The van der Waals surface area contributed by atoms with E-state index >= 15 is 0 Å². The Morgan fingerprint density at radius 1 is 1.33 bits per heavy atom. The van der Waals surface area contributed by atoms with Gasteiger partial charge in [0.2, 0.25) is 15.9 Å². The van der Waals surface area contributed by atoms with Crippen molar-refractivity contribution in [3.05, 3.63) is 24.5 Å². The number of carbonyl (C=O) groups is 1. The van der Waals surface area contributed by atoms with Crippen molar-refractivity contribution < 1.29 is 17.9 Å². The molecule has 3 unspecified atom stereocenters. The molecule has 1 amide bonds. The summed E-state index contributed by atoms with van der Waals surface area (Å²) in [4.78, 5) is 16.5. The lowest BCUT2D eigenvalue weighted by Crippen LogP contribution is -2.49. The Labute approximate surface area is 141 Å². The number of sulfonamides is 1. The molecule has 3 aliphatic rings. The molecule has 1 aromatic heterocycles. The van der Waals surface area contributed by atoms with Crippen molar-refractivity contribution >= 4 is 15.9 Å². The second kappa shape index (κ2) is 6.09. The SMILES string of the molecule is O=C(NC1CCC1)C1CC2CN(S(=O)(=O)c3cccnc3)CC1O2. The van der Waals surface area contributed by atoms with Crippen molar-refractivity contribution in [2.75, 3.05) is 13.1 Å². The molecule has 4 rings (SSSR count). The first kappa shape index (κ1) is 16.0. The number of ether oxygens (including phenoxy) is 1. The lowest BCUT2D eigenvalue weighted by molar-refractivity contribution is -0.128. The van der Waals surface area contributed by atoms with Gasteiger partial charge >= 0.3 is 0 Å². The zero-order valence-electron chi connectivity index (χ0n) is 13.3. The summed E-state index contributed by atoms with van der Waals surface area (Å²) in [5, 5.41) is 3.06. The number of hydrogen-bond acceptors (Lipinski definition) is 5. The van der Waals surface area contributed by atoms with E-state index in [4.69, 9.17) is 4.74 Å². The summed E-state index contributed by atoms with van der Waals surface area (Å²) in [5.41, 5.74) is 0. The molecule has 2 saturated heterocycles. The molecule has 8 heteroatoms. The lowest BCUT2D eigenvalue weighted by Gasteiger charge is -2.32. The van der Waals surface area contributed by atoms with E-state index in [1.54, 1.807) is 18.3 Å². The minimum atomic E-state index is -3.59. The maximum atomic E-state index is 12.7. The minimum absolute atomic E-state index is 0.00725. The van der Waals surface area contributed by atoms with Crippen LogP contribution in [0.3, 0.4) is 0 Å². The van der Waals surface area contributed by atoms with Crippen LogP contribution in [-0.4, -0.2) is 55.0 Å². The highest BCUT2D eigenvalue weighted by Gasteiger charge is 2.47. The fourth-order valence-corrected chi connectivity index (χ4v) is 5.05. The summed E-state index contributed by atoms with van der Waals surface area (Å²) in [6.07, 6.45) is 6.14. The van der Waals surface area contributed by atoms with Crippen LogP contribution in [0.15, 0.2) is 29.4 Å². The Hall–Kier alpha value is -1.51. The lowest BCUT2D eigenvalue weighted by atomic mass is 9.91. The van der Waals surface area contributed by atoms with Crippen LogP contribution in [0.1, 0.15) is 25.7 Å². The summed E-state index contributed by atoms with van der Waals surface area (Å²) >= 11 is 0. The number of amides is 1. The van der Waals surface area contributed by atoms with E-state index in [-0.39, 0.29) is 41.5 Å². The van der Waals surface area contributed by atoms with E-state index in [1.165, 1.54) is 10.5 Å². The van der Waals surface area contributed by atoms with Crippen LogP contribution in [0.4, 0.5) is 0 Å². The summed E-state index contributed by atoms with van der Waals surface area (Å²) in [5.74, 6) is -0.252. The smallest absolute Gasteiger partial charge is 0.244 e. The number of pyridine rings is 1. The highest BCUT2D eigenvalue weighted by molar-refractivity contribution is 7.89. The zero-order chi connectivity index (χ0) is 16.7. The molecular formula is C16H21N3O4S. The summed E-state index contributed by atoms with van der Waals surface area (Å²) in [6.45, 7) is 0.511. The first-order valence-corrected chi connectivity index (χ1v) is 9.84. The van der Waals surface area contributed by atoms with Gasteiger partial charge in [-0.3, -0.25) is 9.78 Å². The average molecular weight is 351 g/mol. The van der Waals surface area contributed by atoms with Crippen molar-refractivity contribution in [1.82, 2.24) is 14.6 Å². The van der Waals surface area contributed by atoms with Crippen LogP contribution < -0.4 is 5.32 Å². The van der Waals surface area contributed by atoms with Crippen molar-refractivity contribution in [2.45, 2.75) is 48.8 Å². The Kier molecular flexibility index (Phi) is 4.06. The third kappa shape index (κ3) is 2.82. The van der Waals surface area contributed by atoms with Crippen LogP contribution >= 0.6 is 0 Å². The van der Waals surface area contributed by atoms with Gasteiger partial charge < -0.3 is 10.1 Å². The predicted octanol–water partition coefficient (Wildman–Crippen LogP) is 0.528. The first-order chi connectivity index (χ1) is 11.5. The largest absolute Gasteiger partial charge is 0.371 e. The molecule has 1 N–H and O–H groups in total. The van der Waals surface area contributed by atoms with E-state index in [1.807, 2.05) is 0 Å². The number of carbonyl (C=O) groups excluding carboxylic acids is 1. The number of morpholine rings is 1. The second-order valence-electron chi connectivity index (χ2n) is 6.79. The van der Waals surface area contributed by atoms with Gasteiger partial charge in [0.1, 0.15) is 4.90 Å². The molecule has 0 aromatic carbocycles. The highest BCUT2D eigenvalue weighted by atomic mass is 32.2. The third-order valence-electron chi connectivity index (χ3n) is 5.18. The third-order valence-corrected chi connectivity index (χ3v) is 7.00. The van der Waals surface area contributed by atoms with Gasteiger partial charge in [-0.1, -0.05) is 0 Å². The van der Waals surface area contributed by atoms with Gasteiger partial charge in [-0.15, -0.1) is 0 Å². The minimum Gasteiger partial charge on any atom is -0.371 e. The molecular weight excluding hydrogens is 330 g/mol. The Balaban J connectivity index is 1.47.